The van der Waals surface area contributed by atoms with Crippen LogP contribution in [0.4, 0.5) is 0 Å². The molecule has 0 atom stereocenters. The molecular weight excluding hydrogens is 439 g/mol. The highest BCUT2D eigenvalue weighted by atomic mass is 35.5. The van der Waals surface area contributed by atoms with Crippen LogP contribution in [-0.2, 0) is 29.8 Å². The maximum Gasteiger partial charge on any atom is 0.299 e. The van der Waals surface area contributed by atoms with E-state index in [2.05, 4.69) is 10.0 Å². The summed E-state index contributed by atoms with van der Waals surface area (Å²) in [5, 5.41) is 5.91. The molecule has 0 unspecified atom stereocenters. The normalized spacial score (nSPS) is 15.7. The highest BCUT2D eigenvalue weighted by molar-refractivity contribution is 8.04. The number of allylic oxidation sites excluding steroid dienone is 2. The lowest BCUT2D eigenvalue weighted by Gasteiger charge is -2.24. The van der Waals surface area contributed by atoms with E-state index in [4.69, 9.17) is 40.0 Å². The van der Waals surface area contributed by atoms with Crippen molar-refractivity contribution in [3.8, 4) is 0 Å². The predicted octanol–water partition coefficient (Wildman–Crippen LogP) is -1.16. The fourth-order valence-corrected chi connectivity index (χ4v) is 3.32. The molecule has 1 rings (SSSR count). The van der Waals surface area contributed by atoms with Gasteiger partial charge in [0.1, 0.15) is 21.5 Å². The van der Waals surface area contributed by atoms with Crippen molar-refractivity contribution >= 4 is 60.2 Å². The number of hydrogen-bond donors (Lipinski definition) is 4. The van der Waals surface area contributed by atoms with Crippen molar-refractivity contribution in [2.75, 3.05) is 7.05 Å². The summed E-state index contributed by atoms with van der Waals surface area (Å²) in [7, 11) is -8.32. The number of rotatable bonds is 5. The molecule has 142 valence electrons. The van der Waals surface area contributed by atoms with E-state index < -0.39 is 58.4 Å². The number of hydrazine groups is 1. The zero-order valence-corrected chi connectivity index (χ0v) is 15.5. The van der Waals surface area contributed by atoms with Crippen LogP contribution in [0.5, 0.6) is 0 Å². The zero-order valence-electron chi connectivity index (χ0n) is 12.4. The van der Waals surface area contributed by atoms with E-state index in [1.165, 1.54) is 0 Å². The number of Topliss-reactive ketones (excluding diaryl/α,β-unsaturated/α-hetero) is 2. The number of carbonyl (C=O) groups excluding carboxylic acids is 2. The Morgan fingerprint density at radius 2 is 1.77 bits per heavy atom. The molecule has 0 spiro atoms. The van der Waals surface area contributed by atoms with Gasteiger partial charge in [-0.05, 0) is 10.6 Å². The summed E-state index contributed by atoms with van der Waals surface area (Å²) in [4.78, 5) is 26.5. The number of nitrogens with zero attached hydrogens (tertiary/aromatic N) is 4. The van der Waals surface area contributed by atoms with E-state index >= 15 is 0 Å². The Labute approximate surface area is 155 Å². The average Bonchev–Trinajstić information content (AvgIpc) is 2.57. The molecule has 0 radical (unpaired) electrons. The molecule has 0 saturated carbocycles. The molecule has 5 N–H and O–H groups in total. The van der Waals surface area contributed by atoms with E-state index in [0.29, 0.717) is 0 Å². The van der Waals surface area contributed by atoms with Crippen molar-refractivity contribution in [1.82, 2.24) is 13.9 Å². The van der Waals surface area contributed by atoms with E-state index in [0.717, 1.165) is 7.05 Å². The van der Waals surface area contributed by atoms with Crippen LogP contribution in [0, 0.1) is 5.41 Å². The van der Waals surface area contributed by atoms with Crippen LogP contribution in [0.2, 0.25) is 0 Å². The molecule has 0 aliphatic heterocycles. The Hall–Kier alpha value is -2.20. The third kappa shape index (κ3) is 3.96. The smallest absolute Gasteiger partial charge is 0.287 e. The Morgan fingerprint density at radius 3 is 2.23 bits per heavy atom. The maximum absolute atomic E-state index is 12.2. The molecule has 0 aromatic heterocycles. The Morgan fingerprint density at radius 1 is 1.23 bits per heavy atom. The van der Waals surface area contributed by atoms with Gasteiger partial charge in [-0.15, -0.1) is 0 Å². The molecule has 14 nitrogen and oxygen atoms in total. The molecule has 0 amide bonds. The van der Waals surface area contributed by atoms with Crippen LogP contribution >= 0.6 is 23.2 Å². The third-order valence-electron chi connectivity index (χ3n) is 2.63. The van der Waals surface area contributed by atoms with Gasteiger partial charge in [-0.3, -0.25) is 19.7 Å². The average molecular weight is 447 g/mol. The molecule has 1 aliphatic rings. The summed E-state index contributed by atoms with van der Waals surface area (Å²) in [6.45, 7) is 0. The molecule has 18 heteroatoms. The number of amidine groups is 1. The Bertz CT molecular complexity index is 1020. The van der Waals surface area contributed by atoms with Crippen LogP contribution in [0.1, 0.15) is 0 Å². The number of carbonyl (C=O) groups is 2. The van der Waals surface area contributed by atoms with E-state index in [1.807, 2.05) is 0 Å². The molecule has 0 fully saturated rings. The van der Waals surface area contributed by atoms with Crippen molar-refractivity contribution in [3.63, 3.8) is 0 Å². The first-order valence-electron chi connectivity index (χ1n) is 5.85. The Kier molecular flexibility index (Phi) is 6.37. The summed E-state index contributed by atoms with van der Waals surface area (Å²) < 4.78 is 49.9. The molecule has 0 aromatic carbocycles. The molecule has 0 saturated heterocycles. The zero-order chi connectivity index (χ0) is 20.4. The van der Waals surface area contributed by atoms with Crippen molar-refractivity contribution in [1.29, 1.82) is 5.41 Å². The van der Waals surface area contributed by atoms with Gasteiger partial charge < -0.3 is 0 Å². The highest BCUT2D eigenvalue weighted by Crippen LogP contribution is 2.30. The standard InChI is InChI=1S/C8H8Cl2N8O6S2/c1-14-26(23,24)16-4-2(9)7(20)5(3(10)6(4)19)18(13)25(21,22)8(11)15-17-12/h11,14,16H,13H2,1H3. The van der Waals surface area contributed by atoms with E-state index in [-0.39, 0.29) is 4.41 Å². The number of azide groups is 1. The van der Waals surface area contributed by atoms with Gasteiger partial charge in [0.25, 0.3) is 20.2 Å². The lowest BCUT2D eigenvalue weighted by molar-refractivity contribution is -0.116. The summed E-state index contributed by atoms with van der Waals surface area (Å²) in [5.74, 6) is 2.43. The lowest BCUT2D eigenvalue weighted by Crippen LogP contribution is -2.46. The monoisotopic (exact) mass is 446 g/mol. The number of hydrogen-bond acceptors (Lipinski definition) is 8. The lowest BCUT2D eigenvalue weighted by atomic mass is 10.1. The summed E-state index contributed by atoms with van der Waals surface area (Å²) in [6, 6.07) is 0. The first-order valence-corrected chi connectivity index (χ1v) is 9.53. The summed E-state index contributed by atoms with van der Waals surface area (Å²) in [6.07, 6.45) is 0. The minimum absolute atomic E-state index is 0.377. The fraction of sp³-hybridized carbons (Fsp3) is 0.125. The molecule has 0 aromatic rings. The van der Waals surface area contributed by atoms with Gasteiger partial charge in [0, 0.05) is 12.0 Å². The van der Waals surface area contributed by atoms with Gasteiger partial charge in [0.2, 0.25) is 16.7 Å². The SMILES string of the molecule is CNS(=O)(=O)NC1=C(Cl)C(=O)C(N(N)S(=O)(=O)C(=N)N=[N+]=[N-])=C(Cl)C1=O. The van der Waals surface area contributed by atoms with Gasteiger partial charge in [-0.2, -0.15) is 21.2 Å². The van der Waals surface area contributed by atoms with Gasteiger partial charge in [0.15, 0.2) is 0 Å². The second-order valence-electron chi connectivity index (χ2n) is 4.11. The molecule has 26 heavy (non-hydrogen) atoms. The van der Waals surface area contributed by atoms with Gasteiger partial charge in [-0.1, -0.05) is 23.2 Å². The second kappa shape index (κ2) is 7.58. The van der Waals surface area contributed by atoms with Crippen LogP contribution in [0.25, 0.3) is 10.4 Å². The molecule has 1 aliphatic carbocycles. The number of nitrogens with one attached hydrogen (secondary N) is 3. The number of sulfonamides is 1. The first-order chi connectivity index (χ1) is 11.8. The van der Waals surface area contributed by atoms with Crippen molar-refractivity contribution in [2.45, 2.75) is 0 Å². The van der Waals surface area contributed by atoms with Crippen LogP contribution in [0.15, 0.2) is 26.6 Å². The minimum atomic E-state index is -5.04. The predicted molar refractivity (Wildman–Crippen MR) is 88.7 cm³/mol. The van der Waals surface area contributed by atoms with E-state index in [1.54, 1.807) is 9.44 Å². The first kappa shape index (κ1) is 21.8. The third-order valence-corrected chi connectivity index (χ3v) is 5.62. The van der Waals surface area contributed by atoms with Gasteiger partial charge >= 0.3 is 0 Å². The molecule has 0 bridgehead atoms. The van der Waals surface area contributed by atoms with Crippen molar-refractivity contribution in [3.05, 3.63) is 31.9 Å². The summed E-state index contributed by atoms with van der Waals surface area (Å²) in [5.41, 5.74) is 6.06. The second-order valence-corrected chi connectivity index (χ2v) is 8.22. The van der Waals surface area contributed by atoms with Crippen LogP contribution in [0.3, 0.4) is 0 Å². The van der Waals surface area contributed by atoms with Crippen molar-refractivity contribution in [2.24, 2.45) is 11.0 Å². The van der Waals surface area contributed by atoms with Crippen LogP contribution < -0.4 is 15.3 Å². The fourth-order valence-electron chi connectivity index (χ4n) is 1.41. The van der Waals surface area contributed by atoms with Crippen molar-refractivity contribution < 1.29 is 26.4 Å². The van der Waals surface area contributed by atoms with Crippen LogP contribution in [-0.4, -0.2) is 45.0 Å². The summed E-state index contributed by atoms with van der Waals surface area (Å²) >= 11 is 11.3. The van der Waals surface area contributed by atoms with Gasteiger partial charge in [-0.25, -0.2) is 10.6 Å². The topological polar surface area (TPSA) is 228 Å². The number of nitrogens with two attached hydrogens (primary N) is 1. The minimum Gasteiger partial charge on any atom is -0.287 e. The number of halogens is 2. The quantitative estimate of drug-likeness (QED) is 0.0590. The Balaban J connectivity index is 3.49. The maximum atomic E-state index is 12.2. The highest BCUT2D eigenvalue weighted by Gasteiger charge is 2.41. The molecular formula is C8H8Cl2N8O6S2. The van der Waals surface area contributed by atoms with Gasteiger partial charge in [0.05, 0.1) is 0 Å². The molecule has 0 heterocycles. The number of ketones is 2. The van der Waals surface area contributed by atoms with E-state index in [9.17, 15) is 26.4 Å². The largest absolute Gasteiger partial charge is 0.299 e.